The molecule has 0 radical (unpaired) electrons. The van der Waals surface area contributed by atoms with Crippen molar-refractivity contribution in [1.82, 2.24) is 10.2 Å². The quantitative estimate of drug-likeness (QED) is 0.792. The van der Waals surface area contributed by atoms with E-state index in [1.54, 1.807) is 23.7 Å². The van der Waals surface area contributed by atoms with Gasteiger partial charge in [0, 0.05) is 25.0 Å². The number of amides is 2. The fourth-order valence-corrected chi connectivity index (χ4v) is 2.46. The van der Waals surface area contributed by atoms with E-state index in [9.17, 15) is 9.90 Å². The Bertz CT molecular complexity index is 446. The fraction of sp³-hybridized carbons (Fsp3) is 0.533. The van der Waals surface area contributed by atoms with Crippen LogP contribution in [-0.4, -0.2) is 42.0 Å². The Morgan fingerprint density at radius 2 is 2.10 bits per heavy atom. The van der Waals surface area contributed by atoms with Crippen LogP contribution in [0.3, 0.4) is 0 Å². The highest BCUT2D eigenvalue weighted by Crippen LogP contribution is 2.32. The molecule has 110 valence electrons. The Balaban J connectivity index is 1.75. The van der Waals surface area contributed by atoms with Gasteiger partial charge in [0.2, 0.25) is 0 Å². The molecule has 1 aromatic carbocycles. The van der Waals surface area contributed by atoms with E-state index in [1.807, 2.05) is 30.5 Å². The van der Waals surface area contributed by atoms with Gasteiger partial charge in [-0.15, -0.1) is 11.8 Å². The number of thioether (sulfide) groups is 1. The second-order valence-electron chi connectivity index (χ2n) is 5.29. The van der Waals surface area contributed by atoms with Crippen molar-refractivity contribution >= 4 is 17.8 Å². The van der Waals surface area contributed by atoms with Crippen molar-refractivity contribution in [2.75, 3.05) is 19.8 Å². The van der Waals surface area contributed by atoms with Crippen LogP contribution in [0.1, 0.15) is 18.4 Å². The van der Waals surface area contributed by atoms with E-state index >= 15 is 0 Å². The van der Waals surface area contributed by atoms with Gasteiger partial charge < -0.3 is 15.3 Å². The molecule has 1 atom stereocenters. The van der Waals surface area contributed by atoms with Crippen LogP contribution >= 0.6 is 11.8 Å². The van der Waals surface area contributed by atoms with Crippen molar-refractivity contribution in [1.29, 1.82) is 0 Å². The van der Waals surface area contributed by atoms with Crippen LogP contribution in [0.5, 0.6) is 0 Å². The van der Waals surface area contributed by atoms with Gasteiger partial charge in [-0.05, 0) is 42.7 Å². The first-order valence-corrected chi connectivity index (χ1v) is 8.12. The Morgan fingerprint density at radius 3 is 2.65 bits per heavy atom. The second-order valence-corrected chi connectivity index (χ2v) is 6.17. The van der Waals surface area contributed by atoms with Gasteiger partial charge in [-0.25, -0.2) is 4.79 Å². The van der Waals surface area contributed by atoms with Crippen molar-refractivity contribution in [2.24, 2.45) is 5.92 Å². The summed E-state index contributed by atoms with van der Waals surface area (Å²) in [7, 11) is 1.72. The third-order valence-electron chi connectivity index (χ3n) is 3.58. The Labute approximate surface area is 124 Å². The molecule has 2 rings (SSSR count). The maximum absolute atomic E-state index is 11.9. The van der Waals surface area contributed by atoms with Gasteiger partial charge >= 0.3 is 6.03 Å². The summed E-state index contributed by atoms with van der Waals surface area (Å²) in [5, 5.41) is 12.7. The highest BCUT2D eigenvalue weighted by atomic mass is 32.2. The van der Waals surface area contributed by atoms with Crippen LogP contribution in [0.25, 0.3) is 0 Å². The lowest BCUT2D eigenvalue weighted by atomic mass is 10.2. The maximum Gasteiger partial charge on any atom is 0.317 e. The molecule has 1 aliphatic rings. The fourth-order valence-electron chi connectivity index (χ4n) is 2.05. The topological polar surface area (TPSA) is 52.6 Å². The first kappa shape index (κ1) is 15.2. The average molecular weight is 294 g/mol. The highest BCUT2D eigenvalue weighted by Gasteiger charge is 2.31. The van der Waals surface area contributed by atoms with Crippen LogP contribution in [0.4, 0.5) is 4.79 Å². The molecular formula is C15H22N2O2S. The molecule has 0 heterocycles. The third kappa shape index (κ3) is 4.42. The number of rotatable bonds is 6. The molecule has 2 N–H and O–H groups in total. The number of hydrogen-bond donors (Lipinski definition) is 2. The van der Waals surface area contributed by atoms with Gasteiger partial charge in [-0.3, -0.25) is 0 Å². The van der Waals surface area contributed by atoms with Crippen molar-refractivity contribution in [3.05, 3.63) is 29.8 Å². The van der Waals surface area contributed by atoms with Gasteiger partial charge in [0.25, 0.3) is 0 Å². The van der Waals surface area contributed by atoms with Crippen LogP contribution in [0.2, 0.25) is 0 Å². The Hall–Kier alpha value is -1.20. The highest BCUT2D eigenvalue weighted by molar-refractivity contribution is 7.98. The SMILES string of the molecule is CSc1ccc(CNC(=O)N(C)C[C@@H](O)C2CC2)cc1. The average Bonchev–Trinajstić information content (AvgIpc) is 3.29. The zero-order chi connectivity index (χ0) is 14.5. The van der Waals surface area contributed by atoms with E-state index in [0.717, 1.165) is 18.4 Å². The summed E-state index contributed by atoms with van der Waals surface area (Å²) in [5.41, 5.74) is 1.08. The first-order chi connectivity index (χ1) is 9.60. The number of carbonyl (C=O) groups is 1. The largest absolute Gasteiger partial charge is 0.391 e. The van der Waals surface area contributed by atoms with Crippen molar-refractivity contribution < 1.29 is 9.90 Å². The molecule has 0 aromatic heterocycles. The predicted molar refractivity (Wildman–Crippen MR) is 81.8 cm³/mol. The summed E-state index contributed by atoms with van der Waals surface area (Å²) in [6, 6.07) is 7.99. The number of aliphatic hydroxyl groups is 1. The molecule has 0 spiro atoms. The Kier molecular flexibility index (Phi) is 5.31. The van der Waals surface area contributed by atoms with Crippen LogP contribution in [0, 0.1) is 5.92 Å². The number of hydrogen-bond acceptors (Lipinski definition) is 3. The number of aliphatic hydroxyl groups excluding tert-OH is 1. The first-order valence-electron chi connectivity index (χ1n) is 6.90. The molecule has 1 aliphatic carbocycles. The van der Waals surface area contributed by atoms with Crippen molar-refractivity contribution in [3.63, 3.8) is 0 Å². The molecule has 0 bridgehead atoms. The standard InChI is InChI=1S/C15H22N2O2S/c1-17(10-14(18)12-5-6-12)15(19)16-9-11-3-7-13(20-2)8-4-11/h3-4,7-8,12,14,18H,5-6,9-10H2,1-2H3,(H,16,19)/t14-/m1/s1. The van der Waals surface area contributed by atoms with Crippen molar-refractivity contribution in [3.8, 4) is 0 Å². The van der Waals surface area contributed by atoms with E-state index in [1.165, 1.54) is 4.90 Å². The number of nitrogens with one attached hydrogen (secondary N) is 1. The molecule has 2 amide bonds. The number of urea groups is 1. The maximum atomic E-state index is 11.9. The molecule has 1 saturated carbocycles. The molecular weight excluding hydrogens is 272 g/mol. The van der Waals surface area contributed by atoms with Crippen molar-refractivity contribution in [2.45, 2.75) is 30.4 Å². The van der Waals surface area contributed by atoms with Gasteiger partial charge in [0.05, 0.1) is 6.10 Å². The minimum atomic E-state index is -0.383. The lowest BCUT2D eigenvalue weighted by Crippen LogP contribution is -2.41. The zero-order valence-corrected chi connectivity index (χ0v) is 12.8. The van der Waals surface area contributed by atoms with Crippen LogP contribution in [-0.2, 0) is 6.54 Å². The number of nitrogens with zero attached hydrogens (tertiary/aromatic N) is 1. The molecule has 0 saturated heterocycles. The molecule has 0 aliphatic heterocycles. The monoisotopic (exact) mass is 294 g/mol. The number of benzene rings is 1. The Morgan fingerprint density at radius 1 is 1.45 bits per heavy atom. The van der Waals surface area contributed by atoms with Gasteiger partial charge in [0.1, 0.15) is 0 Å². The van der Waals surface area contributed by atoms with Crippen LogP contribution in [0.15, 0.2) is 29.2 Å². The zero-order valence-electron chi connectivity index (χ0n) is 12.0. The summed E-state index contributed by atoms with van der Waals surface area (Å²) in [6.07, 6.45) is 3.82. The third-order valence-corrected chi connectivity index (χ3v) is 4.32. The molecule has 1 aromatic rings. The molecule has 0 unspecified atom stereocenters. The van der Waals surface area contributed by atoms with Gasteiger partial charge in [0.15, 0.2) is 0 Å². The molecule has 20 heavy (non-hydrogen) atoms. The van der Waals surface area contributed by atoms with E-state index in [-0.39, 0.29) is 12.1 Å². The van der Waals surface area contributed by atoms with E-state index in [2.05, 4.69) is 5.32 Å². The van der Waals surface area contributed by atoms with Gasteiger partial charge in [-0.2, -0.15) is 0 Å². The minimum Gasteiger partial charge on any atom is -0.391 e. The number of carbonyl (C=O) groups excluding carboxylic acids is 1. The lowest BCUT2D eigenvalue weighted by molar-refractivity contribution is 0.113. The summed E-state index contributed by atoms with van der Waals surface area (Å²) < 4.78 is 0. The molecule has 4 nitrogen and oxygen atoms in total. The molecule has 5 heteroatoms. The molecule has 1 fully saturated rings. The lowest BCUT2D eigenvalue weighted by Gasteiger charge is -2.21. The summed E-state index contributed by atoms with van der Waals surface area (Å²) in [6.45, 7) is 0.916. The summed E-state index contributed by atoms with van der Waals surface area (Å²) >= 11 is 1.70. The summed E-state index contributed by atoms with van der Waals surface area (Å²) in [4.78, 5) is 14.7. The van der Waals surface area contributed by atoms with Gasteiger partial charge in [-0.1, -0.05) is 12.1 Å². The van der Waals surface area contributed by atoms with E-state index in [0.29, 0.717) is 19.0 Å². The van der Waals surface area contributed by atoms with Crippen LogP contribution < -0.4 is 5.32 Å². The normalized spacial score (nSPS) is 15.8. The van der Waals surface area contributed by atoms with E-state index < -0.39 is 0 Å². The van der Waals surface area contributed by atoms with E-state index in [4.69, 9.17) is 0 Å². The minimum absolute atomic E-state index is 0.140. The summed E-state index contributed by atoms with van der Waals surface area (Å²) in [5.74, 6) is 0.393. The smallest absolute Gasteiger partial charge is 0.317 e. The second kappa shape index (κ2) is 6.99. The number of likely N-dealkylation sites (N-methyl/N-ethyl adjacent to an activating group) is 1. The predicted octanol–water partition coefficient (Wildman–Crippen LogP) is 2.32.